The number of rotatable bonds is 2. The van der Waals surface area contributed by atoms with Gasteiger partial charge in [-0.25, -0.2) is 8.42 Å². The summed E-state index contributed by atoms with van der Waals surface area (Å²) < 4.78 is 26.9. The molecule has 1 fully saturated rings. The van der Waals surface area contributed by atoms with Gasteiger partial charge >= 0.3 is 0 Å². The third-order valence-electron chi connectivity index (χ3n) is 3.80. The Morgan fingerprint density at radius 2 is 2.10 bits per heavy atom. The first-order valence-corrected chi connectivity index (χ1v) is 8.11. The second-order valence-electron chi connectivity index (χ2n) is 5.46. The molecular weight excluding hydrogens is 274 g/mol. The highest BCUT2D eigenvalue weighted by Crippen LogP contribution is 2.30. The Morgan fingerprint density at radius 3 is 2.65 bits per heavy atom. The van der Waals surface area contributed by atoms with Crippen molar-refractivity contribution in [2.24, 2.45) is 5.92 Å². The summed E-state index contributed by atoms with van der Waals surface area (Å²) in [5.74, 6) is 0.537. The summed E-state index contributed by atoms with van der Waals surface area (Å²) in [6.45, 7) is 4.58. The molecule has 20 heavy (non-hydrogen) atoms. The molecule has 1 saturated heterocycles. The maximum Gasteiger partial charge on any atom is 0.245 e. The first kappa shape index (κ1) is 14.8. The van der Waals surface area contributed by atoms with E-state index in [1.807, 2.05) is 13.0 Å². The molecular formula is C14H19N3O2S. The highest BCUT2D eigenvalue weighted by molar-refractivity contribution is 7.89. The van der Waals surface area contributed by atoms with Crippen LogP contribution in [0.4, 0.5) is 5.69 Å². The van der Waals surface area contributed by atoms with E-state index in [1.165, 1.54) is 22.5 Å². The van der Waals surface area contributed by atoms with Crippen LogP contribution >= 0.6 is 0 Å². The zero-order valence-corrected chi connectivity index (χ0v) is 12.5. The van der Waals surface area contributed by atoms with Crippen LogP contribution in [0.1, 0.15) is 32.3 Å². The van der Waals surface area contributed by atoms with Gasteiger partial charge in [-0.1, -0.05) is 6.92 Å². The molecule has 0 aliphatic carbocycles. The first-order valence-electron chi connectivity index (χ1n) is 6.67. The Bertz CT molecular complexity index is 649. The Kier molecular flexibility index (Phi) is 4.02. The van der Waals surface area contributed by atoms with Crippen LogP contribution in [0.3, 0.4) is 0 Å². The van der Waals surface area contributed by atoms with Crippen molar-refractivity contribution in [1.82, 2.24) is 4.31 Å². The van der Waals surface area contributed by atoms with Gasteiger partial charge in [-0.3, -0.25) is 0 Å². The van der Waals surface area contributed by atoms with Crippen LogP contribution < -0.4 is 5.73 Å². The van der Waals surface area contributed by atoms with Crippen LogP contribution in [-0.2, 0) is 10.0 Å². The molecule has 6 heteroatoms. The number of hydrogen-bond donors (Lipinski definition) is 1. The molecule has 0 spiro atoms. The molecule has 1 aromatic rings. The molecule has 2 unspecified atom stereocenters. The number of anilines is 1. The van der Waals surface area contributed by atoms with Gasteiger partial charge in [0.2, 0.25) is 10.0 Å². The maximum atomic E-state index is 12.7. The van der Waals surface area contributed by atoms with Crippen molar-refractivity contribution < 1.29 is 8.42 Å². The molecule has 1 aromatic carbocycles. The Morgan fingerprint density at radius 1 is 1.40 bits per heavy atom. The van der Waals surface area contributed by atoms with Gasteiger partial charge in [0, 0.05) is 12.6 Å². The monoisotopic (exact) mass is 293 g/mol. The quantitative estimate of drug-likeness (QED) is 0.844. The molecule has 0 amide bonds. The zero-order valence-electron chi connectivity index (χ0n) is 11.7. The molecule has 0 aromatic heterocycles. The number of nitrogens with two attached hydrogens (primary N) is 1. The van der Waals surface area contributed by atoms with Crippen molar-refractivity contribution in [3.8, 4) is 6.07 Å². The van der Waals surface area contributed by atoms with E-state index >= 15 is 0 Å². The molecule has 1 aliphatic heterocycles. The Hall–Kier alpha value is -1.58. The van der Waals surface area contributed by atoms with E-state index in [-0.39, 0.29) is 16.6 Å². The zero-order chi connectivity index (χ0) is 14.9. The third-order valence-corrected chi connectivity index (χ3v) is 5.89. The van der Waals surface area contributed by atoms with Crippen LogP contribution in [0, 0.1) is 17.2 Å². The second-order valence-corrected chi connectivity index (χ2v) is 7.32. The smallest absolute Gasteiger partial charge is 0.245 e. The minimum Gasteiger partial charge on any atom is -0.398 e. The Labute approximate surface area is 120 Å². The predicted molar refractivity (Wildman–Crippen MR) is 77.3 cm³/mol. The molecule has 2 rings (SSSR count). The number of nitrogen functional groups attached to an aromatic ring is 1. The normalized spacial score (nSPS) is 24.2. The number of hydrogen-bond acceptors (Lipinski definition) is 4. The first-order chi connectivity index (χ1) is 9.36. The van der Waals surface area contributed by atoms with Crippen molar-refractivity contribution in [1.29, 1.82) is 5.26 Å². The van der Waals surface area contributed by atoms with Crippen LogP contribution in [0.2, 0.25) is 0 Å². The number of nitriles is 1. The topological polar surface area (TPSA) is 87.2 Å². The second kappa shape index (κ2) is 5.43. The van der Waals surface area contributed by atoms with E-state index in [9.17, 15) is 8.42 Å². The van der Waals surface area contributed by atoms with Crippen molar-refractivity contribution >= 4 is 15.7 Å². The average Bonchev–Trinajstić information content (AvgIpc) is 2.37. The SMILES string of the molecule is CC1CCN(S(=O)(=O)c2ccc(C#N)cc2N)C(C)C1. The molecule has 5 nitrogen and oxygen atoms in total. The fraction of sp³-hybridized carbons (Fsp3) is 0.500. The molecule has 1 aliphatic rings. The number of benzene rings is 1. The standard InChI is InChI=1S/C14H19N3O2S/c1-10-5-6-17(11(2)7-10)20(18,19)14-4-3-12(9-15)8-13(14)16/h3-4,8,10-11H,5-7,16H2,1-2H3. The van der Waals surface area contributed by atoms with Crippen LogP contribution in [0.15, 0.2) is 23.1 Å². The van der Waals surface area contributed by atoms with Gasteiger partial charge in [-0.15, -0.1) is 0 Å². The van der Waals surface area contributed by atoms with Gasteiger partial charge < -0.3 is 5.73 Å². The van der Waals surface area contributed by atoms with Gasteiger partial charge in [-0.2, -0.15) is 9.57 Å². The minimum absolute atomic E-state index is 0.0289. The minimum atomic E-state index is -3.59. The van der Waals surface area contributed by atoms with Crippen molar-refractivity contribution in [3.63, 3.8) is 0 Å². The molecule has 2 atom stereocenters. The van der Waals surface area contributed by atoms with Crippen LogP contribution in [0.25, 0.3) is 0 Å². The molecule has 1 heterocycles. The lowest BCUT2D eigenvalue weighted by Crippen LogP contribution is -2.44. The number of piperidine rings is 1. The van der Waals surface area contributed by atoms with Gasteiger partial charge in [0.1, 0.15) is 4.90 Å². The average molecular weight is 293 g/mol. The highest BCUT2D eigenvalue weighted by Gasteiger charge is 2.34. The molecule has 0 radical (unpaired) electrons. The van der Waals surface area contributed by atoms with E-state index in [2.05, 4.69) is 6.92 Å². The Balaban J connectivity index is 2.38. The van der Waals surface area contributed by atoms with Gasteiger partial charge in [0.15, 0.2) is 0 Å². The van der Waals surface area contributed by atoms with Gasteiger partial charge in [-0.05, 0) is 43.9 Å². The lowest BCUT2D eigenvalue weighted by molar-refractivity contribution is 0.220. The molecule has 0 saturated carbocycles. The molecule has 2 N–H and O–H groups in total. The number of sulfonamides is 1. The van der Waals surface area contributed by atoms with E-state index in [4.69, 9.17) is 11.0 Å². The summed E-state index contributed by atoms with van der Waals surface area (Å²) in [6.07, 6.45) is 1.72. The summed E-state index contributed by atoms with van der Waals surface area (Å²) in [7, 11) is -3.59. The third kappa shape index (κ3) is 2.65. The summed E-state index contributed by atoms with van der Waals surface area (Å²) in [6, 6.07) is 6.24. The summed E-state index contributed by atoms with van der Waals surface area (Å²) in [5.41, 5.74) is 6.30. The van der Waals surface area contributed by atoms with Crippen LogP contribution in [-0.4, -0.2) is 25.3 Å². The van der Waals surface area contributed by atoms with Gasteiger partial charge in [0.05, 0.1) is 17.3 Å². The van der Waals surface area contributed by atoms with Crippen molar-refractivity contribution in [2.45, 2.75) is 37.6 Å². The molecule has 0 bridgehead atoms. The predicted octanol–water partition coefficient (Wildman–Crippen LogP) is 1.95. The van der Waals surface area contributed by atoms with E-state index < -0.39 is 10.0 Å². The van der Waals surface area contributed by atoms with E-state index in [1.54, 1.807) is 0 Å². The van der Waals surface area contributed by atoms with Crippen LogP contribution in [0.5, 0.6) is 0 Å². The summed E-state index contributed by atoms with van der Waals surface area (Å²) in [4.78, 5) is 0.0953. The summed E-state index contributed by atoms with van der Waals surface area (Å²) in [5, 5.41) is 8.81. The summed E-state index contributed by atoms with van der Waals surface area (Å²) >= 11 is 0. The molecule has 108 valence electrons. The van der Waals surface area contributed by atoms with Crippen molar-refractivity contribution in [3.05, 3.63) is 23.8 Å². The highest BCUT2D eigenvalue weighted by atomic mass is 32.2. The fourth-order valence-corrected chi connectivity index (χ4v) is 4.48. The number of nitrogens with zero attached hydrogens (tertiary/aromatic N) is 2. The fourth-order valence-electron chi connectivity index (χ4n) is 2.72. The van der Waals surface area contributed by atoms with E-state index in [0.29, 0.717) is 18.0 Å². The largest absolute Gasteiger partial charge is 0.398 e. The van der Waals surface area contributed by atoms with Gasteiger partial charge in [0.25, 0.3) is 0 Å². The van der Waals surface area contributed by atoms with Crippen molar-refractivity contribution in [2.75, 3.05) is 12.3 Å². The lowest BCUT2D eigenvalue weighted by Gasteiger charge is -2.35. The van der Waals surface area contributed by atoms with E-state index in [0.717, 1.165) is 12.8 Å². The maximum absolute atomic E-state index is 12.7. The lowest BCUT2D eigenvalue weighted by atomic mass is 9.95.